The van der Waals surface area contributed by atoms with Gasteiger partial charge >= 0.3 is 0 Å². The molecule has 1 saturated heterocycles. The van der Waals surface area contributed by atoms with Gasteiger partial charge in [-0.05, 0) is 35.1 Å². The second-order valence-corrected chi connectivity index (χ2v) is 9.83. The molecular weight excluding hydrogens is 421 g/mol. The number of carbonyl (C=O) groups is 1. The summed E-state index contributed by atoms with van der Waals surface area (Å²) in [6.07, 6.45) is 0. The van der Waals surface area contributed by atoms with Gasteiger partial charge in [0, 0.05) is 56.7 Å². The SMILES string of the molecule is CC(C)CN(CC1CN(Cc2ccc([N+](=O)[O-])cc2)CC1c1cccc(F)c1)C(=O)C(C)C. The summed E-state index contributed by atoms with van der Waals surface area (Å²) in [5, 5.41) is 10.9. The molecule has 6 nitrogen and oxygen atoms in total. The van der Waals surface area contributed by atoms with Crippen molar-refractivity contribution in [2.24, 2.45) is 17.8 Å². The Morgan fingerprint density at radius 2 is 1.85 bits per heavy atom. The van der Waals surface area contributed by atoms with Crippen molar-refractivity contribution in [3.8, 4) is 0 Å². The monoisotopic (exact) mass is 455 g/mol. The smallest absolute Gasteiger partial charge is 0.269 e. The first kappa shape index (κ1) is 24.8. The Morgan fingerprint density at radius 3 is 2.42 bits per heavy atom. The van der Waals surface area contributed by atoms with Crippen LogP contribution in [0.25, 0.3) is 0 Å². The summed E-state index contributed by atoms with van der Waals surface area (Å²) in [5.74, 6) is 0.458. The highest BCUT2D eigenvalue weighted by Gasteiger charge is 2.36. The molecule has 1 amide bonds. The number of nitro groups is 1. The van der Waals surface area contributed by atoms with Crippen LogP contribution in [-0.4, -0.2) is 46.8 Å². The highest BCUT2D eigenvalue weighted by atomic mass is 19.1. The number of hydrogen-bond donors (Lipinski definition) is 0. The van der Waals surface area contributed by atoms with Gasteiger partial charge in [-0.1, -0.05) is 52.0 Å². The molecule has 1 heterocycles. The highest BCUT2D eigenvalue weighted by molar-refractivity contribution is 5.78. The minimum absolute atomic E-state index is 0.0750. The lowest BCUT2D eigenvalue weighted by atomic mass is 9.88. The first-order valence-electron chi connectivity index (χ1n) is 11.6. The number of hydrogen-bond acceptors (Lipinski definition) is 4. The van der Waals surface area contributed by atoms with Crippen LogP contribution in [0, 0.1) is 33.7 Å². The third kappa shape index (κ3) is 6.60. The topological polar surface area (TPSA) is 66.7 Å². The zero-order valence-electron chi connectivity index (χ0n) is 19.9. The van der Waals surface area contributed by atoms with Crippen molar-refractivity contribution < 1.29 is 14.1 Å². The molecule has 0 aliphatic carbocycles. The average Bonchev–Trinajstić information content (AvgIpc) is 3.14. The normalized spacial score (nSPS) is 18.8. The number of non-ortho nitro benzene ring substituents is 1. The van der Waals surface area contributed by atoms with Gasteiger partial charge in [0.2, 0.25) is 5.91 Å². The third-order valence-corrected chi connectivity index (χ3v) is 6.19. The first-order chi connectivity index (χ1) is 15.6. The standard InChI is InChI=1S/C26H34FN3O3/c1-18(2)13-29(26(31)19(3)4)16-22-15-28(14-20-8-10-24(11-9-20)30(32)33)17-25(22)21-6-5-7-23(27)12-21/h5-12,18-19,22,25H,13-17H2,1-4H3. The average molecular weight is 456 g/mol. The van der Waals surface area contributed by atoms with E-state index in [4.69, 9.17) is 0 Å². The molecule has 3 rings (SSSR count). The van der Waals surface area contributed by atoms with Crippen LogP contribution in [0.1, 0.15) is 44.7 Å². The number of nitrogens with zero attached hydrogens (tertiary/aromatic N) is 3. The number of amides is 1. The molecule has 0 radical (unpaired) electrons. The van der Waals surface area contributed by atoms with E-state index in [0.717, 1.165) is 24.2 Å². The fourth-order valence-corrected chi connectivity index (χ4v) is 4.71. The lowest BCUT2D eigenvalue weighted by Gasteiger charge is -2.31. The van der Waals surface area contributed by atoms with E-state index in [9.17, 15) is 19.3 Å². The summed E-state index contributed by atoms with van der Waals surface area (Å²) in [6.45, 7) is 11.6. The Morgan fingerprint density at radius 1 is 1.15 bits per heavy atom. The minimum atomic E-state index is -0.398. The van der Waals surface area contributed by atoms with Crippen molar-refractivity contribution in [2.45, 2.75) is 40.2 Å². The Bertz CT molecular complexity index is 962. The van der Waals surface area contributed by atoms with E-state index in [0.29, 0.717) is 25.6 Å². The maximum Gasteiger partial charge on any atom is 0.269 e. The number of likely N-dealkylation sites (tertiary alicyclic amines) is 1. The van der Waals surface area contributed by atoms with Gasteiger partial charge in [-0.25, -0.2) is 4.39 Å². The fraction of sp³-hybridized carbons (Fsp3) is 0.500. The summed E-state index contributed by atoms with van der Waals surface area (Å²) >= 11 is 0. The van der Waals surface area contributed by atoms with Gasteiger partial charge in [-0.2, -0.15) is 0 Å². The van der Waals surface area contributed by atoms with Crippen LogP contribution in [-0.2, 0) is 11.3 Å². The van der Waals surface area contributed by atoms with Crippen LogP contribution < -0.4 is 0 Å². The van der Waals surface area contributed by atoms with E-state index in [-0.39, 0.29) is 35.2 Å². The van der Waals surface area contributed by atoms with Gasteiger partial charge in [0.1, 0.15) is 5.82 Å². The van der Waals surface area contributed by atoms with Gasteiger partial charge in [-0.3, -0.25) is 19.8 Å². The molecule has 2 aromatic carbocycles. The van der Waals surface area contributed by atoms with Gasteiger partial charge in [-0.15, -0.1) is 0 Å². The van der Waals surface area contributed by atoms with E-state index < -0.39 is 4.92 Å². The molecule has 1 aliphatic heterocycles. The summed E-state index contributed by atoms with van der Waals surface area (Å²) in [7, 11) is 0. The highest BCUT2D eigenvalue weighted by Crippen LogP contribution is 2.35. The maximum atomic E-state index is 14.0. The van der Waals surface area contributed by atoms with E-state index in [1.807, 2.05) is 24.8 Å². The maximum absolute atomic E-state index is 14.0. The third-order valence-electron chi connectivity index (χ3n) is 6.19. The number of carbonyl (C=O) groups excluding carboxylic acids is 1. The molecule has 0 bridgehead atoms. The predicted molar refractivity (Wildman–Crippen MR) is 127 cm³/mol. The number of halogens is 1. The van der Waals surface area contributed by atoms with Gasteiger partial charge in [0.05, 0.1) is 4.92 Å². The summed E-state index contributed by atoms with van der Waals surface area (Å²) in [5.41, 5.74) is 2.02. The van der Waals surface area contributed by atoms with Crippen LogP contribution >= 0.6 is 0 Å². The molecule has 0 spiro atoms. The number of rotatable bonds is 9. The van der Waals surface area contributed by atoms with Gasteiger partial charge < -0.3 is 4.90 Å². The van der Waals surface area contributed by atoms with Crippen LogP contribution in [0.2, 0.25) is 0 Å². The van der Waals surface area contributed by atoms with E-state index >= 15 is 0 Å². The van der Waals surface area contributed by atoms with Gasteiger partial charge in [0.15, 0.2) is 0 Å². The molecule has 0 saturated carbocycles. The lowest BCUT2D eigenvalue weighted by Crippen LogP contribution is -2.41. The molecule has 1 fully saturated rings. The summed E-state index contributed by atoms with van der Waals surface area (Å²) < 4.78 is 14.0. The van der Waals surface area contributed by atoms with Crippen molar-refractivity contribution in [3.63, 3.8) is 0 Å². The minimum Gasteiger partial charge on any atom is -0.342 e. The molecule has 2 unspecified atom stereocenters. The molecular formula is C26H34FN3O3. The Hall–Kier alpha value is -2.80. The van der Waals surface area contributed by atoms with Crippen LogP contribution in [0.4, 0.5) is 10.1 Å². The van der Waals surface area contributed by atoms with Crippen molar-refractivity contribution in [1.82, 2.24) is 9.80 Å². The summed E-state index contributed by atoms with van der Waals surface area (Å²) in [6, 6.07) is 13.4. The Balaban J connectivity index is 1.82. The number of benzene rings is 2. The quantitative estimate of drug-likeness (QED) is 0.390. The van der Waals surface area contributed by atoms with E-state index in [1.165, 1.54) is 18.2 Å². The van der Waals surface area contributed by atoms with Gasteiger partial charge in [0.25, 0.3) is 5.69 Å². The van der Waals surface area contributed by atoms with Crippen molar-refractivity contribution in [2.75, 3.05) is 26.2 Å². The second kappa shape index (κ2) is 10.9. The Labute approximate surface area is 195 Å². The van der Waals surface area contributed by atoms with Crippen LogP contribution in [0.15, 0.2) is 48.5 Å². The lowest BCUT2D eigenvalue weighted by molar-refractivity contribution is -0.384. The van der Waals surface area contributed by atoms with Crippen LogP contribution in [0.3, 0.4) is 0 Å². The molecule has 2 aromatic rings. The van der Waals surface area contributed by atoms with Crippen LogP contribution in [0.5, 0.6) is 0 Å². The van der Waals surface area contributed by atoms with Crippen molar-refractivity contribution >= 4 is 11.6 Å². The molecule has 178 valence electrons. The van der Waals surface area contributed by atoms with Crippen molar-refractivity contribution in [1.29, 1.82) is 0 Å². The fourth-order valence-electron chi connectivity index (χ4n) is 4.71. The largest absolute Gasteiger partial charge is 0.342 e. The molecule has 0 aromatic heterocycles. The van der Waals surface area contributed by atoms with E-state index in [2.05, 4.69) is 18.7 Å². The number of nitro benzene ring substituents is 1. The molecule has 0 N–H and O–H groups in total. The van der Waals surface area contributed by atoms with Crippen molar-refractivity contribution in [3.05, 3.63) is 75.6 Å². The zero-order chi connectivity index (χ0) is 24.1. The molecule has 7 heteroatoms. The Kier molecular flexibility index (Phi) is 8.19. The second-order valence-electron chi connectivity index (χ2n) is 9.83. The van der Waals surface area contributed by atoms with E-state index in [1.54, 1.807) is 24.3 Å². The summed E-state index contributed by atoms with van der Waals surface area (Å²) in [4.78, 5) is 27.7. The molecule has 2 atom stereocenters. The molecule has 1 aliphatic rings. The predicted octanol–water partition coefficient (Wildman–Crippen LogP) is 5.09. The zero-order valence-corrected chi connectivity index (χ0v) is 19.9. The first-order valence-corrected chi connectivity index (χ1v) is 11.6. The molecule has 33 heavy (non-hydrogen) atoms.